The van der Waals surface area contributed by atoms with Gasteiger partial charge < -0.3 is 45.1 Å². The number of nitrogen functional groups attached to an aromatic ring is 1. The Kier molecular flexibility index (Phi) is 17.2. The van der Waals surface area contributed by atoms with Crippen molar-refractivity contribution >= 4 is 81.7 Å². The SMILES string of the molecule is C[C@@H]1CN(C(=O)c2ccc(NC(=O)c3cc(O[C@H](C)c4c(Cl)ccc(F)c4Cl)c(N)nn3)cc2)C[C@H](C)N1C(=O)CCOCCOCCOCCNc1cccc2c1C(=O)N(C1CCC(=O)NC1=O)C2=O. The number of rotatable bonds is 20. The fraction of sp³-hybridized carbons (Fsp3) is 0.396. The van der Waals surface area contributed by atoms with Gasteiger partial charge in [-0.25, -0.2) is 4.39 Å². The predicted octanol–water partition coefficient (Wildman–Crippen LogP) is 4.91. The number of hydrogen-bond acceptors (Lipinski definition) is 15. The van der Waals surface area contributed by atoms with Crippen LogP contribution in [0, 0.1) is 5.82 Å². The van der Waals surface area contributed by atoms with E-state index in [1.807, 2.05) is 13.8 Å². The summed E-state index contributed by atoms with van der Waals surface area (Å²) < 4.78 is 36.9. The molecule has 3 aliphatic rings. The molecular formula is C48H52Cl2FN9O11. The average Bonchev–Trinajstić information content (AvgIpc) is 3.59. The summed E-state index contributed by atoms with van der Waals surface area (Å²) in [4.78, 5) is 94.6. The smallest absolute Gasteiger partial charge is 0.276 e. The first-order chi connectivity index (χ1) is 34.0. The number of nitrogens with two attached hydrogens (primary N) is 1. The highest BCUT2D eigenvalue weighted by Crippen LogP contribution is 2.36. The molecule has 4 atom stereocenters. The van der Waals surface area contributed by atoms with Crippen LogP contribution >= 0.6 is 23.2 Å². The van der Waals surface area contributed by atoms with E-state index >= 15 is 0 Å². The quantitative estimate of drug-likeness (QED) is 0.0521. The second kappa shape index (κ2) is 23.4. The van der Waals surface area contributed by atoms with Crippen molar-refractivity contribution < 1.29 is 56.9 Å². The first kappa shape index (κ1) is 52.1. The number of piperazine rings is 1. The van der Waals surface area contributed by atoms with Gasteiger partial charge in [0, 0.05) is 71.7 Å². The lowest BCUT2D eigenvalue weighted by molar-refractivity contribution is -0.140. The molecule has 2 saturated heterocycles. The molecule has 2 fully saturated rings. The Morgan fingerprint density at radius 3 is 2.25 bits per heavy atom. The Balaban J connectivity index is 0.764. The fourth-order valence-electron chi connectivity index (χ4n) is 8.56. The Morgan fingerprint density at radius 2 is 1.56 bits per heavy atom. The first-order valence-electron chi connectivity index (χ1n) is 22.8. The van der Waals surface area contributed by atoms with E-state index < -0.39 is 47.5 Å². The third kappa shape index (κ3) is 12.2. The first-order valence-corrected chi connectivity index (χ1v) is 23.6. The standard InChI is InChI=1S/C48H52Cl2FN9O11/c1-26-24-58(46(65)29-7-9-30(10-8-29)54-44(63)35-23-37(43(52)57-56-35)71-28(3)40-32(49)11-12-33(51)42(40)50)25-27(2)59(26)39(62)15-17-68-19-21-70-22-20-69-18-16-53-34-6-4-5-31-41(34)48(67)60(47(31)66)36-13-14-38(61)55-45(36)64/h4-12,23,26-28,36,53H,13-22,24-25H2,1-3H3,(H2,52,57)(H,54,63)(H,55,61,64)/t26-,27+,28-,36?/m1/s1. The van der Waals surface area contributed by atoms with Gasteiger partial charge in [-0.2, -0.15) is 0 Å². The molecule has 0 saturated carbocycles. The van der Waals surface area contributed by atoms with E-state index in [0.717, 1.165) is 11.0 Å². The Hall–Kier alpha value is -6.78. The van der Waals surface area contributed by atoms with E-state index in [0.29, 0.717) is 43.2 Å². The molecule has 23 heteroatoms. The molecule has 3 aliphatic heterocycles. The zero-order valence-corrected chi connectivity index (χ0v) is 40.5. The van der Waals surface area contributed by atoms with Gasteiger partial charge in [0.1, 0.15) is 18.0 Å². The van der Waals surface area contributed by atoms with Crippen molar-refractivity contribution in [2.24, 2.45) is 0 Å². The molecule has 1 aromatic heterocycles. The molecule has 0 aliphatic carbocycles. The van der Waals surface area contributed by atoms with Crippen molar-refractivity contribution in [1.82, 2.24) is 30.2 Å². The van der Waals surface area contributed by atoms with Gasteiger partial charge in [-0.1, -0.05) is 29.3 Å². The Bertz CT molecular complexity index is 2690. The van der Waals surface area contributed by atoms with Crippen molar-refractivity contribution in [1.29, 1.82) is 0 Å². The Labute approximate surface area is 417 Å². The highest BCUT2D eigenvalue weighted by atomic mass is 35.5. The summed E-state index contributed by atoms with van der Waals surface area (Å²) in [5.41, 5.74) is 7.57. The van der Waals surface area contributed by atoms with Crippen molar-refractivity contribution in [3.8, 4) is 5.75 Å². The van der Waals surface area contributed by atoms with Gasteiger partial charge in [0.05, 0.1) is 62.2 Å². The van der Waals surface area contributed by atoms with Gasteiger partial charge in [-0.15, -0.1) is 10.2 Å². The molecule has 4 aromatic rings. The zero-order valence-electron chi connectivity index (χ0n) is 39.0. The van der Waals surface area contributed by atoms with Crippen molar-refractivity contribution in [2.45, 2.75) is 64.3 Å². The fourth-order valence-corrected chi connectivity index (χ4v) is 9.24. The second-order valence-corrected chi connectivity index (χ2v) is 17.7. The highest BCUT2D eigenvalue weighted by Gasteiger charge is 2.45. The molecule has 4 heterocycles. The van der Waals surface area contributed by atoms with E-state index in [2.05, 4.69) is 26.1 Å². The third-order valence-electron chi connectivity index (χ3n) is 11.9. The second-order valence-electron chi connectivity index (χ2n) is 16.9. The molecule has 0 radical (unpaired) electrons. The number of imide groups is 2. The maximum Gasteiger partial charge on any atom is 0.276 e. The van der Waals surface area contributed by atoms with Crippen LogP contribution in [0.15, 0.2) is 60.7 Å². The topological polar surface area (TPSA) is 254 Å². The van der Waals surface area contributed by atoms with Crippen LogP contribution in [-0.4, -0.2) is 144 Å². The number of carbonyl (C=O) groups excluding carboxylic acids is 7. The highest BCUT2D eigenvalue weighted by molar-refractivity contribution is 6.36. The third-order valence-corrected chi connectivity index (χ3v) is 12.6. The number of benzene rings is 3. The number of piperidine rings is 1. The van der Waals surface area contributed by atoms with E-state index in [4.69, 9.17) is 47.9 Å². The van der Waals surface area contributed by atoms with E-state index in [-0.39, 0.29) is 120 Å². The van der Waals surface area contributed by atoms with E-state index in [9.17, 15) is 38.0 Å². The van der Waals surface area contributed by atoms with Crippen LogP contribution in [0.25, 0.3) is 0 Å². The van der Waals surface area contributed by atoms with Crippen molar-refractivity contribution in [2.75, 3.05) is 75.6 Å². The zero-order chi connectivity index (χ0) is 50.9. The molecule has 5 N–H and O–H groups in total. The number of nitrogens with one attached hydrogen (secondary N) is 3. The van der Waals surface area contributed by atoms with Gasteiger partial charge in [0.2, 0.25) is 17.7 Å². The molecule has 71 heavy (non-hydrogen) atoms. The molecule has 20 nitrogen and oxygen atoms in total. The number of aromatic nitrogens is 2. The van der Waals surface area contributed by atoms with Crippen LogP contribution in [0.2, 0.25) is 10.0 Å². The molecule has 7 amide bonds. The van der Waals surface area contributed by atoms with Gasteiger partial charge in [-0.05, 0) is 75.7 Å². The number of carbonyl (C=O) groups is 7. The lowest BCUT2D eigenvalue weighted by atomic mass is 10.0. The summed E-state index contributed by atoms with van der Waals surface area (Å²) in [7, 11) is 0. The summed E-state index contributed by atoms with van der Waals surface area (Å²) in [5, 5.41) is 15.7. The lowest BCUT2D eigenvalue weighted by Gasteiger charge is -2.44. The van der Waals surface area contributed by atoms with Gasteiger partial charge in [-0.3, -0.25) is 43.8 Å². The summed E-state index contributed by atoms with van der Waals surface area (Å²) in [6.45, 7) is 7.91. The van der Waals surface area contributed by atoms with Crippen LogP contribution in [0.5, 0.6) is 5.75 Å². The number of halogens is 3. The summed E-state index contributed by atoms with van der Waals surface area (Å²) in [6, 6.07) is 13.4. The van der Waals surface area contributed by atoms with Gasteiger partial charge >= 0.3 is 0 Å². The van der Waals surface area contributed by atoms with Gasteiger partial charge in [0.15, 0.2) is 17.3 Å². The Morgan fingerprint density at radius 1 is 0.887 bits per heavy atom. The normalized spacial score (nSPS) is 18.3. The van der Waals surface area contributed by atoms with Crippen LogP contribution in [-0.2, 0) is 28.6 Å². The number of nitrogens with zero attached hydrogens (tertiary/aromatic N) is 5. The average molecular weight is 1020 g/mol. The lowest BCUT2D eigenvalue weighted by Crippen LogP contribution is -2.59. The predicted molar refractivity (Wildman–Crippen MR) is 257 cm³/mol. The number of amides is 7. The molecule has 0 spiro atoms. The van der Waals surface area contributed by atoms with Crippen LogP contribution < -0.4 is 26.4 Å². The molecule has 7 rings (SSSR count). The van der Waals surface area contributed by atoms with Crippen LogP contribution in [0.1, 0.15) is 93.3 Å². The molecule has 376 valence electrons. The summed E-state index contributed by atoms with van der Waals surface area (Å²) in [5.74, 6) is -4.05. The van der Waals surface area contributed by atoms with Crippen molar-refractivity contribution in [3.63, 3.8) is 0 Å². The summed E-state index contributed by atoms with van der Waals surface area (Å²) >= 11 is 12.4. The largest absolute Gasteiger partial charge is 0.482 e. The van der Waals surface area contributed by atoms with E-state index in [1.54, 1.807) is 53.1 Å². The van der Waals surface area contributed by atoms with Crippen LogP contribution in [0.4, 0.5) is 21.6 Å². The monoisotopic (exact) mass is 1020 g/mol. The van der Waals surface area contributed by atoms with Gasteiger partial charge in [0.25, 0.3) is 23.6 Å². The van der Waals surface area contributed by atoms with Crippen LogP contribution in [0.3, 0.4) is 0 Å². The number of hydrogen-bond donors (Lipinski definition) is 4. The minimum absolute atomic E-state index is 0.000242. The molecule has 0 bridgehead atoms. The number of anilines is 3. The number of fused-ring (bicyclic) bond motifs is 1. The minimum Gasteiger partial charge on any atom is -0.482 e. The number of ether oxygens (including phenoxy) is 4. The van der Waals surface area contributed by atoms with E-state index in [1.165, 1.54) is 18.2 Å². The molecular weight excluding hydrogens is 968 g/mol. The summed E-state index contributed by atoms with van der Waals surface area (Å²) in [6.07, 6.45) is -0.604. The van der Waals surface area contributed by atoms with Crippen molar-refractivity contribution in [3.05, 3.63) is 104 Å². The maximum absolute atomic E-state index is 14.1. The molecule has 1 unspecified atom stereocenters. The molecule has 3 aromatic carbocycles. The maximum atomic E-state index is 14.1. The minimum atomic E-state index is -1.05.